The predicted molar refractivity (Wildman–Crippen MR) is 130 cm³/mol. The average Bonchev–Trinajstić information content (AvgIpc) is 2.79. The lowest BCUT2D eigenvalue weighted by Crippen LogP contribution is -2.48. The lowest BCUT2D eigenvalue weighted by Gasteiger charge is -2.32. The van der Waals surface area contributed by atoms with Gasteiger partial charge in [-0.1, -0.05) is 55.8 Å². The lowest BCUT2D eigenvalue weighted by molar-refractivity contribution is -0.140. The molecule has 0 aliphatic heterocycles. The summed E-state index contributed by atoms with van der Waals surface area (Å²) < 4.78 is 5.21. The predicted octanol–water partition coefficient (Wildman–Crippen LogP) is 3.90. The minimum absolute atomic E-state index is 0.0604. The number of carbonyl (C=O) groups excluding carboxylic acids is 3. The van der Waals surface area contributed by atoms with E-state index in [-0.39, 0.29) is 18.2 Å². The third-order valence-electron chi connectivity index (χ3n) is 4.93. The first-order chi connectivity index (χ1) is 16.1. The number of carbonyl (C=O) groups is 3. The summed E-state index contributed by atoms with van der Waals surface area (Å²) in [5.74, 6) is -0.700. The van der Waals surface area contributed by atoms with E-state index in [9.17, 15) is 19.5 Å². The van der Waals surface area contributed by atoms with E-state index in [1.165, 1.54) is 17.0 Å². The first-order valence-corrected chi connectivity index (χ1v) is 11.5. The summed E-state index contributed by atoms with van der Waals surface area (Å²) in [7, 11) is 0. The van der Waals surface area contributed by atoms with Crippen LogP contribution in [-0.2, 0) is 20.9 Å². The molecule has 184 valence electrons. The number of aromatic hydroxyl groups is 1. The summed E-state index contributed by atoms with van der Waals surface area (Å²) >= 11 is 0. The van der Waals surface area contributed by atoms with E-state index in [4.69, 9.17) is 4.74 Å². The molecule has 1 atom stereocenters. The van der Waals surface area contributed by atoms with Crippen molar-refractivity contribution in [2.24, 2.45) is 0 Å². The highest BCUT2D eigenvalue weighted by atomic mass is 16.6. The fourth-order valence-electron chi connectivity index (χ4n) is 3.30. The van der Waals surface area contributed by atoms with Crippen LogP contribution in [0.1, 0.15) is 57.7 Å². The van der Waals surface area contributed by atoms with Gasteiger partial charge in [-0.15, -0.1) is 0 Å². The fourth-order valence-corrected chi connectivity index (χ4v) is 3.30. The number of nitrogens with zero attached hydrogens (tertiary/aromatic N) is 1. The van der Waals surface area contributed by atoms with Gasteiger partial charge in [-0.25, -0.2) is 4.79 Å². The molecule has 3 N–H and O–H groups in total. The van der Waals surface area contributed by atoms with Crippen LogP contribution in [0.25, 0.3) is 0 Å². The maximum atomic E-state index is 13.4. The Bertz CT molecular complexity index is 939. The zero-order valence-corrected chi connectivity index (χ0v) is 20.3. The third kappa shape index (κ3) is 8.77. The van der Waals surface area contributed by atoms with E-state index in [0.717, 1.165) is 12.0 Å². The van der Waals surface area contributed by atoms with Crippen LogP contribution in [0.15, 0.2) is 54.6 Å². The van der Waals surface area contributed by atoms with Crippen LogP contribution in [0.4, 0.5) is 4.79 Å². The summed E-state index contributed by atoms with van der Waals surface area (Å²) in [4.78, 5) is 40.1. The van der Waals surface area contributed by atoms with Gasteiger partial charge in [0.1, 0.15) is 23.9 Å². The Labute approximate surface area is 201 Å². The smallest absolute Gasteiger partial charge is 0.408 e. The molecule has 0 saturated heterocycles. The normalized spacial score (nSPS) is 11.9. The summed E-state index contributed by atoms with van der Waals surface area (Å²) in [5.41, 5.74) is 0.796. The highest BCUT2D eigenvalue weighted by Crippen LogP contribution is 2.24. The number of hydrogen-bond acceptors (Lipinski definition) is 5. The maximum Gasteiger partial charge on any atom is 0.408 e. The van der Waals surface area contributed by atoms with Crippen molar-refractivity contribution in [1.82, 2.24) is 15.5 Å². The maximum absolute atomic E-state index is 13.4. The Morgan fingerprint density at radius 1 is 1.00 bits per heavy atom. The molecule has 1 unspecified atom stereocenters. The van der Waals surface area contributed by atoms with Crippen LogP contribution < -0.4 is 10.6 Å². The van der Waals surface area contributed by atoms with Crippen LogP contribution in [0.3, 0.4) is 0 Å². The number of rotatable bonds is 10. The van der Waals surface area contributed by atoms with Crippen molar-refractivity contribution >= 4 is 17.9 Å². The fraction of sp³-hybridized carbons (Fsp3) is 0.423. The Morgan fingerprint density at radius 3 is 2.24 bits per heavy atom. The van der Waals surface area contributed by atoms with Crippen molar-refractivity contribution in [3.05, 3.63) is 65.7 Å². The Hall–Kier alpha value is -3.55. The van der Waals surface area contributed by atoms with Crippen molar-refractivity contribution in [2.75, 3.05) is 13.1 Å². The molecule has 8 heteroatoms. The summed E-state index contributed by atoms with van der Waals surface area (Å²) in [5, 5.41) is 15.1. The highest BCUT2D eigenvalue weighted by molar-refractivity contribution is 5.90. The third-order valence-corrected chi connectivity index (χ3v) is 4.93. The number of benzene rings is 2. The molecule has 3 amide bonds. The molecule has 0 bridgehead atoms. The number of nitrogens with one attached hydrogen (secondary N) is 2. The van der Waals surface area contributed by atoms with Crippen molar-refractivity contribution < 1.29 is 24.2 Å². The van der Waals surface area contributed by atoms with Gasteiger partial charge in [0, 0.05) is 13.1 Å². The molecule has 0 heterocycles. The minimum Gasteiger partial charge on any atom is -0.508 e. The molecule has 2 aromatic rings. The van der Waals surface area contributed by atoms with Crippen molar-refractivity contribution in [2.45, 2.75) is 58.7 Å². The zero-order chi connectivity index (χ0) is 25.1. The second-order valence-corrected chi connectivity index (χ2v) is 8.99. The van der Waals surface area contributed by atoms with Crippen LogP contribution in [0.2, 0.25) is 0 Å². The van der Waals surface area contributed by atoms with Crippen LogP contribution in [0, 0.1) is 0 Å². The molecule has 0 aliphatic carbocycles. The van der Waals surface area contributed by atoms with Gasteiger partial charge < -0.3 is 25.4 Å². The van der Waals surface area contributed by atoms with E-state index in [0.29, 0.717) is 25.1 Å². The van der Waals surface area contributed by atoms with Gasteiger partial charge in [-0.2, -0.15) is 0 Å². The summed E-state index contributed by atoms with van der Waals surface area (Å²) in [6.45, 7) is 7.53. The molecule has 0 aliphatic rings. The van der Waals surface area contributed by atoms with Gasteiger partial charge in [0.15, 0.2) is 0 Å². The molecule has 2 aromatic carbocycles. The van der Waals surface area contributed by atoms with E-state index in [1.807, 2.05) is 37.3 Å². The van der Waals surface area contributed by atoms with E-state index < -0.39 is 23.6 Å². The quantitative estimate of drug-likeness (QED) is 0.489. The summed E-state index contributed by atoms with van der Waals surface area (Å²) in [6.07, 6.45) is 0.793. The summed E-state index contributed by atoms with van der Waals surface area (Å²) in [6, 6.07) is 14.8. The molecule has 0 radical (unpaired) electrons. The van der Waals surface area contributed by atoms with Crippen LogP contribution in [-0.4, -0.2) is 46.6 Å². The standard InChI is InChI=1S/C26H35N3O5/c1-5-6-16-29(22(31)18-28-25(33)34-26(2,3)4)23(20-12-14-21(30)15-13-20)24(32)27-17-19-10-8-7-9-11-19/h7-15,23,30H,5-6,16-18H2,1-4H3,(H,27,32)(H,28,33). The first kappa shape index (κ1) is 26.7. The number of phenolic OH excluding ortho intramolecular Hbond substituents is 1. The highest BCUT2D eigenvalue weighted by Gasteiger charge is 2.31. The van der Waals surface area contributed by atoms with Crippen molar-refractivity contribution in [3.8, 4) is 5.75 Å². The van der Waals surface area contributed by atoms with E-state index >= 15 is 0 Å². The van der Waals surface area contributed by atoms with E-state index in [1.54, 1.807) is 32.9 Å². The SMILES string of the molecule is CCCCN(C(=O)CNC(=O)OC(C)(C)C)C(C(=O)NCc1ccccc1)c1ccc(O)cc1. The number of hydrogen-bond donors (Lipinski definition) is 3. The number of alkyl carbamates (subject to hydrolysis) is 1. The molecular weight excluding hydrogens is 434 g/mol. The molecule has 34 heavy (non-hydrogen) atoms. The second-order valence-electron chi connectivity index (χ2n) is 8.99. The van der Waals surface area contributed by atoms with Crippen LogP contribution in [0.5, 0.6) is 5.75 Å². The largest absolute Gasteiger partial charge is 0.508 e. The Balaban J connectivity index is 2.25. The van der Waals surface area contributed by atoms with Gasteiger partial charge in [-0.3, -0.25) is 9.59 Å². The van der Waals surface area contributed by atoms with Crippen molar-refractivity contribution in [3.63, 3.8) is 0 Å². The zero-order valence-electron chi connectivity index (χ0n) is 20.3. The average molecular weight is 470 g/mol. The molecule has 0 aromatic heterocycles. The number of ether oxygens (including phenoxy) is 1. The van der Waals surface area contributed by atoms with E-state index in [2.05, 4.69) is 10.6 Å². The van der Waals surface area contributed by atoms with Gasteiger partial charge in [0.25, 0.3) is 0 Å². The monoisotopic (exact) mass is 469 g/mol. The van der Waals surface area contributed by atoms with Crippen LogP contribution >= 0.6 is 0 Å². The number of amides is 3. The molecular formula is C26H35N3O5. The minimum atomic E-state index is -0.927. The number of unbranched alkanes of at least 4 members (excludes halogenated alkanes) is 1. The Kier molecular flexibility index (Phi) is 9.92. The van der Waals surface area contributed by atoms with Gasteiger partial charge >= 0.3 is 6.09 Å². The molecule has 8 nitrogen and oxygen atoms in total. The molecule has 2 rings (SSSR count). The Morgan fingerprint density at radius 2 is 1.65 bits per heavy atom. The molecule has 0 saturated carbocycles. The van der Waals surface area contributed by atoms with Gasteiger partial charge in [-0.05, 0) is 50.5 Å². The second kappa shape index (κ2) is 12.6. The first-order valence-electron chi connectivity index (χ1n) is 11.5. The van der Waals surface area contributed by atoms with Gasteiger partial charge in [0.05, 0.1) is 0 Å². The molecule has 0 fully saturated rings. The lowest BCUT2D eigenvalue weighted by atomic mass is 10.0. The number of phenols is 1. The topological polar surface area (TPSA) is 108 Å². The van der Waals surface area contributed by atoms with Gasteiger partial charge in [0.2, 0.25) is 11.8 Å². The molecule has 0 spiro atoms. The van der Waals surface area contributed by atoms with Crippen molar-refractivity contribution in [1.29, 1.82) is 0 Å².